The zero-order valence-electron chi connectivity index (χ0n) is 16.0. The third-order valence-corrected chi connectivity index (χ3v) is 5.54. The van der Waals surface area contributed by atoms with Gasteiger partial charge in [0, 0.05) is 39.3 Å². The molecule has 2 aromatic heterocycles. The van der Waals surface area contributed by atoms with Crippen molar-refractivity contribution in [3.8, 4) is 0 Å². The first-order valence-corrected chi connectivity index (χ1v) is 9.64. The standard InChI is InChI=1S/C18H26N6O3/c1-13-15-14(2)27-20-16(15)17(25)24(19-13)12-21-8-10-23(11-9-21)18(26)22-6-4-3-5-7-22/h3-12H2,1-2H3. The van der Waals surface area contributed by atoms with Crippen molar-refractivity contribution in [2.24, 2.45) is 0 Å². The van der Waals surface area contributed by atoms with E-state index in [1.165, 1.54) is 11.1 Å². The first-order chi connectivity index (χ1) is 13.0. The summed E-state index contributed by atoms with van der Waals surface area (Å²) in [5, 5.41) is 9.03. The van der Waals surface area contributed by atoms with Gasteiger partial charge in [-0.05, 0) is 33.1 Å². The number of amides is 2. The Morgan fingerprint density at radius 2 is 1.67 bits per heavy atom. The van der Waals surface area contributed by atoms with Crippen LogP contribution in [0, 0.1) is 13.8 Å². The number of fused-ring (bicyclic) bond motifs is 1. The molecule has 0 aliphatic carbocycles. The zero-order chi connectivity index (χ0) is 19.0. The van der Waals surface area contributed by atoms with E-state index in [4.69, 9.17) is 4.52 Å². The van der Waals surface area contributed by atoms with Gasteiger partial charge in [0.05, 0.1) is 17.7 Å². The van der Waals surface area contributed by atoms with Crippen LogP contribution in [0.2, 0.25) is 0 Å². The van der Waals surface area contributed by atoms with E-state index in [0.717, 1.165) is 44.7 Å². The van der Waals surface area contributed by atoms with Gasteiger partial charge in [0.25, 0.3) is 5.56 Å². The number of aromatic nitrogens is 3. The molecule has 146 valence electrons. The van der Waals surface area contributed by atoms with Gasteiger partial charge in [-0.15, -0.1) is 0 Å². The molecule has 27 heavy (non-hydrogen) atoms. The van der Waals surface area contributed by atoms with Gasteiger partial charge in [-0.1, -0.05) is 5.16 Å². The number of piperidine rings is 1. The van der Waals surface area contributed by atoms with Crippen LogP contribution in [0.25, 0.3) is 10.9 Å². The Bertz CT molecular complexity index is 890. The molecule has 4 heterocycles. The van der Waals surface area contributed by atoms with Crippen LogP contribution >= 0.6 is 0 Å². The lowest BCUT2D eigenvalue weighted by Crippen LogP contribution is -2.54. The maximum atomic E-state index is 12.6. The van der Waals surface area contributed by atoms with E-state index in [2.05, 4.69) is 15.2 Å². The van der Waals surface area contributed by atoms with Gasteiger partial charge in [0.1, 0.15) is 5.76 Å². The molecule has 2 aliphatic rings. The minimum atomic E-state index is -0.237. The fourth-order valence-corrected chi connectivity index (χ4v) is 3.99. The predicted octanol–water partition coefficient (Wildman–Crippen LogP) is 1.18. The van der Waals surface area contributed by atoms with E-state index in [1.807, 2.05) is 16.7 Å². The second-order valence-electron chi connectivity index (χ2n) is 7.43. The summed E-state index contributed by atoms with van der Waals surface area (Å²) in [4.78, 5) is 31.3. The summed E-state index contributed by atoms with van der Waals surface area (Å²) in [6, 6.07) is 0.153. The first kappa shape index (κ1) is 18.0. The lowest BCUT2D eigenvalue weighted by Gasteiger charge is -2.38. The van der Waals surface area contributed by atoms with Crippen molar-refractivity contribution < 1.29 is 9.32 Å². The Labute approximate surface area is 157 Å². The third kappa shape index (κ3) is 3.43. The Kier molecular flexibility index (Phi) is 4.86. The Morgan fingerprint density at radius 3 is 2.37 bits per heavy atom. The number of carbonyl (C=O) groups is 1. The van der Waals surface area contributed by atoms with Crippen LogP contribution in [0.1, 0.15) is 30.7 Å². The Hall–Kier alpha value is -2.42. The van der Waals surface area contributed by atoms with Gasteiger partial charge in [-0.2, -0.15) is 5.10 Å². The van der Waals surface area contributed by atoms with E-state index < -0.39 is 0 Å². The molecule has 2 aliphatic heterocycles. The summed E-state index contributed by atoms with van der Waals surface area (Å²) in [6.07, 6.45) is 3.42. The van der Waals surface area contributed by atoms with Crippen molar-refractivity contribution in [1.29, 1.82) is 0 Å². The minimum Gasteiger partial charge on any atom is -0.360 e. The second-order valence-corrected chi connectivity index (χ2v) is 7.43. The topological polar surface area (TPSA) is 87.7 Å². The lowest BCUT2D eigenvalue weighted by molar-refractivity contribution is 0.0907. The van der Waals surface area contributed by atoms with E-state index in [1.54, 1.807) is 6.92 Å². The van der Waals surface area contributed by atoms with E-state index in [-0.39, 0.29) is 11.6 Å². The molecule has 4 rings (SSSR count). The van der Waals surface area contributed by atoms with Crippen molar-refractivity contribution in [3.63, 3.8) is 0 Å². The first-order valence-electron chi connectivity index (χ1n) is 9.64. The number of hydrogen-bond donors (Lipinski definition) is 0. The molecule has 0 saturated carbocycles. The van der Waals surface area contributed by atoms with Crippen molar-refractivity contribution in [2.75, 3.05) is 39.3 Å². The van der Waals surface area contributed by atoms with Crippen molar-refractivity contribution >= 4 is 16.9 Å². The summed E-state index contributed by atoms with van der Waals surface area (Å²) in [7, 11) is 0. The number of nitrogens with zero attached hydrogens (tertiary/aromatic N) is 6. The summed E-state index contributed by atoms with van der Waals surface area (Å²) in [5.41, 5.74) is 0.834. The average molecular weight is 374 g/mol. The monoisotopic (exact) mass is 374 g/mol. The van der Waals surface area contributed by atoms with Gasteiger partial charge in [0.15, 0.2) is 5.52 Å². The number of aryl methyl sites for hydroxylation is 2. The highest BCUT2D eigenvalue weighted by molar-refractivity contribution is 5.81. The van der Waals surface area contributed by atoms with Crippen LogP contribution < -0.4 is 5.56 Å². The molecule has 2 saturated heterocycles. The van der Waals surface area contributed by atoms with Gasteiger partial charge in [0.2, 0.25) is 0 Å². The molecule has 9 nitrogen and oxygen atoms in total. The summed E-state index contributed by atoms with van der Waals surface area (Å²) < 4.78 is 6.60. The number of urea groups is 1. The van der Waals surface area contributed by atoms with Crippen molar-refractivity contribution in [3.05, 3.63) is 21.8 Å². The highest BCUT2D eigenvalue weighted by Crippen LogP contribution is 2.17. The van der Waals surface area contributed by atoms with E-state index >= 15 is 0 Å². The molecule has 2 fully saturated rings. The fourth-order valence-electron chi connectivity index (χ4n) is 3.99. The molecule has 0 N–H and O–H groups in total. The maximum Gasteiger partial charge on any atom is 0.320 e. The number of likely N-dealkylation sites (tertiary alicyclic amines) is 1. The summed E-state index contributed by atoms with van der Waals surface area (Å²) in [6.45, 7) is 8.58. The van der Waals surface area contributed by atoms with Crippen LogP contribution in [0.3, 0.4) is 0 Å². The van der Waals surface area contributed by atoms with Gasteiger partial charge < -0.3 is 14.3 Å². The molecule has 9 heteroatoms. The van der Waals surface area contributed by atoms with Gasteiger partial charge in [-0.3, -0.25) is 9.69 Å². The molecule has 0 radical (unpaired) electrons. The third-order valence-electron chi connectivity index (χ3n) is 5.54. The normalized spacial score (nSPS) is 19.0. The largest absolute Gasteiger partial charge is 0.360 e. The fraction of sp³-hybridized carbons (Fsp3) is 0.667. The summed E-state index contributed by atoms with van der Waals surface area (Å²) in [5.74, 6) is 0.615. The quantitative estimate of drug-likeness (QED) is 0.784. The zero-order valence-corrected chi connectivity index (χ0v) is 16.0. The second kappa shape index (κ2) is 7.30. The Morgan fingerprint density at radius 1 is 1.00 bits per heavy atom. The maximum absolute atomic E-state index is 12.6. The number of carbonyl (C=O) groups excluding carboxylic acids is 1. The SMILES string of the molecule is Cc1nn(CN2CCN(C(=O)N3CCCCC3)CC2)c(=O)c2noc(C)c12. The molecule has 0 aromatic carbocycles. The van der Waals surface area contributed by atoms with Crippen LogP contribution in [-0.4, -0.2) is 74.9 Å². The van der Waals surface area contributed by atoms with Gasteiger partial charge >= 0.3 is 6.03 Å². The molecule has 2 aromatic rings. The van der Waals surface area contributed by atoms with E-state index in [9.17, 15) is 9.59 Å². The van der Waals surface area contributed by atoms with Crippen LogP contribution in [0.4, 0.5) is 4.79 Å². The summed E-state index contributed by atoms with van der Waals surface area (Å²) >= 11 is 0. The van der Waals surface area contributed by atoms with Gasteiger partial charge in [-0.25, -0.2) is 9.48 Å². The molecule has 0 bridgehead atoms. The number of hydrogen-bond acceptors (Lipinski definition) is 6. The van der Waals surface area contributed by atoms with Crippen LogP contribution in [0.15, 0.2) is 9.32 Å². The van der Waals surface area contributed by atoms with Crippen molar-refractivity contribution in [1.82, 2.24) is 29.6 Å². The van der Waals surface area contributed by atoms with E-state index in [0.29, 0.717) is 36.4 Å². The molecule has 0 unspecified atom stereocenters. The lowest BCUT2D eigenvalue weighted by atomic mass is 10.1. The average Bonchev–Trinajstić information content (AvgIpc) is 3.09. The molecule has 0 atom stereocenters. The van der Waals surface area contributed by atoms with Crippen LogP contribution in [-0.2, 0) is 6.67 Å². The Balaban J connectivity index is 1.41. The molecular formula is C18H26N6O3. The molecule has 0 spiro atoms. The predicted molar refractivity (Wildman–Crippen MR) is 99.5 cm³/mol. The highest BCUT2D eigenvalue weighted by Gasteiger charge is 2.26. The number of piperazine rings is 1. The minimum absolute atomic E-state index is 0.153. The molecule has 2 amide bonds. The van der Waals surface area contributed by atoms with Crippen molar-refractivity contribution in [2.45, 2.75) is 39.8 Å². The molecular weight excluding hydrogens is 348 g/mol. The number of rotatable bonds is 2. The smallest absolute Gasteiger partial charge is 0.320 e. The van der Waals surface area contributed by atoms with Crippen LogP contribution in [0.5, 0.6) is 0 Å². The highest BCUT2D eigenvalue weighted by atomic mass is 16.5.